The fourth-order valence-corrected chi connectivity index (χ4v) is 3.43. The molecule has 160 valence electrons. The molecule has 0 bridgehead atoms. The van der Waals surface area contributed by atoms with Gasteiger partial charge in [-0.2, -0.15) is 0 Å². The summed E-state index contributed by atoms with van der Waals surface area (Å²) in [5, 5.41) is 2.79. The molecule has 2 heterocycles. The number of carbonyl (C=O) groups is 1. The summed E-state index contributed by atoms with van der Waals surface area (Å²) in [6, 6.07) is 13.5. The molecule has 0 atom stereocenters. The molecule has 4 rings (SSSR count). The molecule has 1 amide bonds. The van der Waals surface area contributed by atoms with E-state index in [1.165, 1.54) is 18.3 Å². The van der Waals surface area contributed by atoms with Gasteiger partial charge >= 0.3 is 0 Å². The van der Waals surface area contributed by atoms with Crippen LogP contribution in [0, 0.1) is 19.7 Å². The Hall–Kier alpha value is -3.45. The third-order valence-corrected chi connectivity index (χ3v) is 5.32. The van der Waals surface area contributed by atoms with E-state index in [1.807, 2.05) is 36.9 Å². The lowest BCUT2D eigenvalue weighted by atomic mass is 10.1. The number of anilines is 2. The van der Waals surface area contributed by atoms with Crippen LogP contribution in [-0.4, -0.2) is 37.2 Å². The first kappa shape index (κ1) is 20.8. The Morgan fingerprint density at radius 3 is 2.68 bits per heavy atom. The predicted molar refractivity (Wildman–Crippen MR) is 118 cm³/mol. The minimum absolute atomic E-state index is 0.276. The zero-order chi connectivity index (χ0) is 21.8. The Labute approximate surface area is 180 Å². The lowest BCUT2D eigenvalue weighted by Crippen LogP contribution is -2.37. The molecule has 31 heavy (non-hydrogen) atoms. The summed E-state index contributed by atoms with van der Waals surface area (Å²) >= 11 is 0. The first-order chi connectivity index (χ1) is 15.0. The maximum absolute atomic E-state index is 13.9. The number of aromatic nitrogens is 1. The van der Waals surface area contributed by atoms with Gasteiger partial charge in [-0.1, -0.05) is 12.1 Å². The highest BCUT2D eigenvalue weighted by molar-refractivity contribution is 6.08. The molecule has 0 spiro atoms. The number of aryl methyl sites for hydroxylation is 1. The Morgan fingerprint density at radius 1 is 1.13 bits per heavy atom. The van der Waals surface area contributed by atoms with Crippen LogP contribution < -0.4 is 15.0 Å². The number of carbonyl (C=O) groups excluding carboxylic acids is 1. The second-order valence-corrected chi connectivity index (χ2v) is 7.40. The summed E-state index contributed by atoms with van der Waals surface area (Å²) in [5.74, 6) is 0.300. The molecule has 1 aromatic heterocycles. The number of ether oxygens (including phenoxy) is 2. The SMILES string of the molecule is Cc1cccc(Oc2ccc(NC(=O)c3cc(F)ccc3N3CCOCC3)cn2)c1C. The second-order valence-electron chi connectivity index (χ2n) is 7.40. The summed E-state index contributed by atoms with van der Waals surface area (Å²) in [4.78, 5) is 19.2. The summed E-state index contributed by atoms with van der Waals surface area (Å²) in [5.41, 5.74) is 3.63. The molecular formula is C24H24FN3O3. The quantitative estimate of drug-likeness (QED) is 0.646. The standard InChI is InChI=1S/C24H24FN3O3/c1-16-4-3-5-22(17(16)2)31-23-9-7-19(15-26-23)27-24(29)20-14-18(25)6-8-21(20)28-10-12-30-13-11-28/h3-9,14-15H,10-13H2,1-2H3,(H,27,29). The van der Waals surface area contributed by atoms with E-state index in [4.69, 9.17) is 9.47 Å². The van der Waals surface area contributed by atoms with E-state index in [-0.39, 0.29) is 5.56 Å². The normalized spacial score (nSPS) is 13.7. The van der Waals surface area contributed by atoms with Crippen molar-refractivity contribution in [3.63, 3.8) is 0 Å². The summed E-state index contributed by atoms with van der Waals surface area (Å²) in [7, 11) is 0. The van der Waals surface area contributed by atoms with Crippen molar-refractivity contribution in [2.75, 3.05) is 36.5 Å². The van der Waals surface area contributed by atoms with Crippen molar-refractivity contribution < 1.29 is 18.7 Å². The van der Waals surface area contributed by atoms with Crippen LogP contribution in [0.1, 0.15) is 21.5 Å². The molecular weight excluding hydrogens is 397 g/mol. The highest BCUT2D eigenvalue weighted by Crippen LogP contribution is 2.27. The maximum Gasteiger partial charge on any atom is 0.257 e. The average molecular weight is 421 g/mol. The van der Waals surface area contributed by atoms with Crippen molar-refractivity contribution in [2.24, 2.45) is 0 Å². The van der Waals surface area contributed by atoms with Gasteiger partial charge in [0.25, 0.3) is 5.91 Å². The van der Waals surface area contributed by atoms with Gasteiger partial charge in [-0.25, -0.2) is 9.37 Å². The Bertz CT molecular complexity index is 1080. The maximum atomic E-state index is 13.9. The Kier molecular flexibility index (Phi) is 6.13. The molecule has 0 saturated carbocycles. The molecule has 1 fully saturated rings. The molecule has 0 aliphatic carbocycles. The second kappa shape index (κ2) is 9.14. The van der Waals surface area contributed by atoms with Crippen molar-refractivity contribution in [2.45, 2.75) is 13.8 Å². The van der Waals surface area contributed by atoms with Gasteiger partial charge in [0.1, 0.15) is 11.6 Å². The van der Waals surface area contributed by atoms with Crippen LogP contribution in [0.15, 0.2) is 54.7 Å². The largest absolute Gasteiger partial charge is 0.439 e. The van der Waals surface area contributed by atoms with E-state index in [9.17, 15) is 9.18 Å². The monoisotopic (exact) mass is 421 g/mol. The molecule has 1 aliphatic heterocycles. The van der Waals surface area contributed by atoms with Crippen LogP contribution in [-0.2, 0) is 4.74 Å². The van der Waals surface area contributed by atoms with Crippen molar-refractivity contribution in [1.29, 1.82) is 0 Å². The average Bonchev–Trinajstić information content (AvgIpc) is 2.79. The van der Waals surface area contributed by atoms with E-state index in [2.05, 4.69) is 10.3 Å². The summed E-state index contributed by atoms with van der Waals surface area (Å²) in [6.07, 6.45) is 1.52. The van der Waals surface area contributed by atoms with Crippen LogP contribution >= 0.6 is 0 Å². The van der Waals surface area contributed by atoms with E-state index in [0.29, 0.717) is 43.6 Å². The summed E-state index contributed by atoms with van der Waals surface area (Å²) in [6.45, 7) is 6.46. The van der Waals surface area contributed by atoms with Gasteiger partial charge in [-0.05, 0) is 55.3 Å². The molecule has 2 aromatic carbocycles. The van der Waals surface area contributed by atoms with Crippen LogP contribution in [0.5, 0.6) is 11.6 Å². The van der Waals surface area contributed by atoms with E-state index in [0.717, 1.165) is 16.9 Å². The van der Waals surface area contributed by atoms with Crippen LogP contribution in [0.25, 0.3) is 0 Å². The van der Waals surface area contributed by atoms with Gasteiger partial charge in [0.15, 0.2) is 0 Å². The van der Waals surface area contributed by atoms with Crippen molar-refractivity contribution >= 4 is 17.3 Å². The zero-order valence-electron chi connectivity index (χ0n) is 17.5. The third kappa shape index (κ3) is 4.83. The number of pyridine rings is 1. The van der Waals surface area contributed by atoms with Crippen LogP contribution in [0.3, 0.4) is 0 Å². The van der Waals surface area contributed by atoms with Crippen LogP contribution in [0.4, 0.5) is 15.8 Å². The molecule has 1 saturated heterocycles. The van der Waals surface area contributed by atoms with Gasteiger partial charge in [-0.3, -0.25) is 4.79 Å². The third-order valence-electron chi connectivity index (χ3n) is 5.32. The minimum atomic E-state index is -0.461. The smallest absolute Gasteiger partial charge is 0.257 e. The zero-order valence-corrected chi connectivity index (χ0v) is 17.5. The number of rotatable bonds is 5. The number of nitrogens with zero attached hydrogens (tertiary/aromatic N) is 2. The number of halogens is 1. The molecule has 0 unspecified atom stereocenters. The van der Waals surface area contributed by atoms with Gasteiger partial charge in [0.2, 0.25) is 5.88 Å². The first-order valence-electron chi connectivity index (χ1n) is 10.1. The van der Waals surface area contributed by atoms with Crippen molar-refractivity contribution in [1.82, 2.24) is 4.98 Å². The van der Waals surface area contributed by atoms with Gasteiger partial charge in [0.05, 0.1) is 30.7 Å². The minimum Gasteiger partial charge on any atom is -0.439 e. The number of hydrogen-bond donors (Lipinski definition) is 1. The van der Waals surface area contributed by atoms with E-state index >= 15 is 0 Å². The number of benzene rings is 2. The van der Waals surface area contributed by atoms with Gasteiger partial charge in [-0.15, -0.1) is 0 Å². The highest BCUT2D eigenvalue weighted by atomic mass is 19.1. The van der Waals surface area contributed by atoms with E-state index < -0.39 is 11.7 Å². The Morgan fingerprint density at radius 2 is 1.94 bits per heavy atom. The van der Waals surface area contributed by atoms with Crippen molar-refractivity contribution in [3.05, 3.63) is 77.2 Å². The summed E-state index contributed by atoms with van der Waals surface area (Å²) < 4.78 is 25.1. The van der Waals surface area contributed by atoms with E-state index in [1.54, 1.807) is 18.2 Å². The van der Waals surface area contributed by atoms with Gasteiger partial charge < -0.3 is 19.7 Å². The number of nitrogens with one attached hydrogen (secondary N) is 1. The fourth-order valence-electron chi connectivity index (χ4n) is 3.43. The molecule has 3 aromatic rings. The lowest BCUT2D eigenvalue weighted by molar-refractivity contribution is 0.102. The number of hydrogen-bond acceptors (Lipinski definition) is 5. The fraction of sp³-hybridized carbons (Fsp3) is 0.250. The molecule has 7 heteroatoms. The Balaban J connectivity index is 1.49. The van der Waals surface area contributed by atoms with Crippen LogP contribution in [0.2, 0.25) is 0 Å². The molecule has 1 aliphatic rings. The number of morpholine rings is 1. The number of amides is 1. The molecule has 0 radical (unpaired) electrons. The first-order valence-corrected chi connectivity index (χ1v) is 10.1. The lowest BCUT2D eigenvalue weighted by Gasteiger charge is -2.30. The topological polar surface area (TPSA) is 63.7 Å². The molecule has 1 N–H and O–H groups in total. The molecule has 6 nitrogen and oxygen atoms in total. The van der Waals surface area contributed by atoms with Gasteiger partial charge in [0, 0.05) is 24.8 Å². The predicted octanol–water partition coefficient (Wildman–Crippen LogP) is 4.72. The van der Waals surface area contributed by atoms with Crippen molar-refractivity contribution in [3.8, 4) is 11.6 Å². The highest BCUT2D eigenvalue weighted by Gasteiger charge is 2.20.